The number of nitrogens with zero attached hydrogens (tertiary/aromatic N) is 1. The SMILES string of the molecule is CCC(N)c1csc(C(C)(CC)OC)n1. The van der Waals surface area contributed by atoms with Crippen LogP contribution in [0.3, 0.4) is 0 Å². The molecule has 2 atom stereocenters. The number of rotatable bonds is 5. The van der Waals surface area contributed by atoms with Crippen LogP contribution in [0.1, 0.15) is 50.4 Å². The van der Waals surface area contributed by atoms with Crippen molar-refractivity contribution >= 4 is 11.3 Å². The van der Waals surface area contributed by atoms with Gasteiger partial charge >= 0.3 is 0 Å². The van der Waals surface area contributed by atoms with Gasteiger partial charge in [-0.05, 0) is 19.8 Å². The summed E-state index contributed by atoms with van der Waals surface area (Å²) in [5, 5.41) is 3.06. The first-order valence-electron chi connectivity index (χ1n) is 5.34. The van der Waals surface area contributed by atoms with E-state index in [-0.39, 0.29) is 11.6 Å². The van der Waals surface area contributed by atoms with Crippen LogP contribution < -0.4 is 5.73 Å². The molecule has 1 rings (SSSR count). The average molecular weight is 228 g/mol. The van der Waals surface area contributed by atoms with Crippen LogP contribution in [-0.4, -0.2) is 12.1 Å². The first-order valence-corrected chi connectivity index (χ1v) is 6.22. The van der Waals surface area contributed by atoms with Crippen LogP contribution in [0.15, 0.2) is 5.38 Å². The average Bonchev–Trinajstić information content (AvgIpc) is 2.76. The van der Waals surface area contributed by atoms with Gasteiger partial charge < -0.3 is 10.5 Å². The summed E-state index contributed by atoms with van der Waals surface area (Å²) >= 11 is 1.63. The minimum absolute atomic E-state index is 0.0490. The van der Waals surface area contributed by atoms with E-state index in [1.165, 1.54) is 0 Å². The first-order chi connectivity index (χ1) is 7.07. The van der Waals surface area contributed by atoms with Gasteiger partial charge in [0.25, 0.3) is 0 Å². The van der Waals surface area contributed by atoms with Crippen LogP contribution in [0.4, 0.5) is 0 Å². The van der Waals surface area contributed by atoms with Crippen LogP contribution in [0, 0.1) is 0 Å². The Balaban J connectivity index is 2.92. The zero-order chi connectivity index (χ0) is 11.5. The molecule has 3 nitrogen and oxygen atoms in total. The molecule has 86 valence electrons. The molecule has 1 aromatic heterocycles. The van der Waals surface area contributed by atoms with Gasteiger partial charge in [0.15, 0.2) is 0 Å². The number of ether oxygens (including phenoxy) is 1. The molecule has 0 saturated carbocycles. The summed E-state index contributed by atoms with van der Waals surface area (Å²) in [6, 6.07) is 0.0490. The highest BCUT2D eigenvalue weighted by Gasteiger charge is 2.28. The molecule has 2 N–H and O–H groups in total. The minimum Gasteiger partial charge on any atom is -0.371 e. The quantitative estimate of drug-likeness (QED) is 0.843. The molecule has 1 heterocycles. The van der Waals surface area contributed by atoms with Gasteiger partial charge in [-0.2, -0.15) is 0 Å². The Labute approximate surface area is 95.7 Å². The molecule has 0 aromatic carbocycles. The van der Waals surface area contributed by atoms with E-state index >= 15 is 0 Å². The topological polar surface area (TPSA) is 48.1 Å². The first kappa shape index (κ1) is 12.6. The van der Waals surface area contributed by atoms with E-state index in [0.717, 1.165) is 23.5 Å². The van der Waals surface area contributed by atoms with Gasteiger partial charge in [0.05, 0.1) is 5.69 Å². The lowest BCUT2D eigenvalue weighted by molar-refractivity contribution is -0.00170. The zero-order valence-corrected chi connectivity index (χ0v) is 10.7. The Bertz CT molecular complexity index is 307. The van der Waals surface area contributed by atoms with E-state index in [9.17, 15) is 0 Å². The molecule has 1 aromatic rings. The highest BCUT2D eigenvalue weighted by atomic mass is 32.1. The Morgan fingerprint density at radius 2 is 2.27 bits per heavy atom. The van der Waals surface area contributed by atoms with Crippen LogP contribution in [0.5, 0.6) is 0 Å². The Morgan fingerprint density at radius 1 is 1.60 bits per heavy atom. The third-order valence-corrected chi connectivity index (χ3v) is 4.02. The molecule has 0 saturated heterocycles. The molecule has 0 fully saturated rings. The predicted molar refractivity (Wildman–Crippen MR) is 64.0 cm³/mol. The molecule has 0 aliphatic heterocycles. The van der Waals surface area contributed by atoms with Gasteiger partial charge in [0.1, 0.15) is 10.6 Å². The van der Waals surface area contributed by atoms with Crippen molar-refractivity contribution in [1.29, 1.82) is 0 Å². The van der Waals surface area contributed by atoms with Crippen molar-refractivity contribution < 1.29 is 4.74 Å². The van der Waals surface area contributed by atoms with Crippen LogP contribution in [0.25, 0.3) is 0 Å². The maximum atomic E-state index is 5.94. The van der Waals surface area contributed by atoms with Gasteiger partial charge in [-0.15, -0.1) is 11.3 Å². The van der Waals surface area contributed by atoms with E-state index in [0.29, 0.717) is 0 Å². The molecule has 0 bridgehead atoms. The maximum Gasteiger partial charge on any atom is 0.125 e. The maximum absolute atomic E-state index is 5.94. The summed E-state index contributed by atoms with van der Waals surface area (Å²) in [4.78, 5) is 4.56. The van der Waals surface area contributed by atoms with Crippen LogP contribution in [-0.2, 0) is 10.3 Å². The fraction of sp³-hybridized carbons (Fsp3) is 0.727. The standard InChI is InChI=1S/C11H20N2OS/c1-5-8(12)9-7-15-10(13-9)11(3,6-2)14-4/h7-8H,5-6,12H2,1-4H3. The normalized spacial score (nSPS) is 17.4. The van der Waals surface area contributed by atoms with Crippen molar-refractivity contribution in [2.45, 2.75) is 45.3 Å². The molecular formula is C11H20N2OS. The number of nitrogens with two attached hydrogens (primary N) is 1. The van der Waals surface area contributed by atoms with Crippen molar-refractivity contribution in [2.75, 3.05) is 7.11 Å². The highest BCUT2D eigenvalue weighted by Crippen LogP contribution is 2.31. The Morgan fingerprint density at radius 3 is 2.73 bits per heavy atom. The summed E-state index contributed by atoms with van der Waals surface area (Å²) in [7, 11) is 1.73. The van der Waals surface area contributed by atoms with Crippen molar-refractivity contribution in [3.8, 4) is 0 Å². The van der Waals surface area contributed by atoms with Crippen molar-refractivity contribution in [1.82, 2.24) is 4.98 Å². The van der Waals surface area contributed by atoms with Gasteiger partial charge in [-0.25, -0.2) is 4.98 Å². The van der Waals surface area contributed by atoms with E-state index in [1.54, 1.807) is 18.4 Å². The van der Waals surface area contributed by atoms with Gasteiger partial charge in [0, 0.05) is 18.5 Å². The minimum atomic E-state index is -0.267. The molecule has 15 heavy (non-hydrogen) atoms. The molecule has 0 amide bonds. The van der Waals surface area contributed by atoms with E-state index in [1.807, 2.05) is 5.38 Å². The molecule has 4 heteroatoms. The third-order valence-electron chi connectivity index (χ3n) is 2.92. The van der Waals surface area contributed by atoms with Crippen molar-refractivity contribution in [2.24, 2.45) is 5.73 Å². The number of hydrogen-bond acceptors (Lipinski definition) is 4. The van der Waals surface area contributed by atoms with E-state index < -0.39 is 0 Å². The summed E-state index contributed by atoms with van der Waals surface area (Å²) in [5.74, 6) is 0. The van der Waals surface area contributed by atoms with Crippen LogP contribution in [0.2, 0.25) is 0 Å². The fourth-order valence-corrected chi connectivity index (χ4v) is 2.39. The van der Waals surface area contributed by atoms with Crippen LogP contribution >= 0.6 is 11.3 Å². The Hall–Kier alpha value is -0.450. The summed E-state index contributed by atoms with van der Waals surface area (Å²) in [6.45, 7) is 6.23. The third kappa shape index (κ3) is 2.56. The smallest absolute Gasteiger partial charge is 0.125 e. The predicted octanol–water partition coefficient (Wildman–Crippen LogP) is 2.82. The number of methoxy groups -OCH3 is 1. The largest absolute Gasteiger partial charge is 0.371 e. The highest BCUT2D eigenvalue weighted by molar-refractivity contribution is 7.09. The second kappa shape index (κ2) is 5.05. The summed E-state index contributed by atoms with van der Waals surface area (Å²) in [5.41, 5.74) is 6.65. The Kier molecular flexibility index (Phi) is 4.25. The number of thiazole rings is 1. The van der Waals surface area contributed by atoms with Gasteiger partial charge in [-0.3, -0.25) is 0 Å². The lowest BCUT2D eigenvalue weighted by Crippen LogP contribution is -2.23. The van der Waals surface area contributed by atoms with E-state index in [2.05, 4.69) is 25.8 Å². The molecule has 0 aliphatic rings. The molecular weight excluding hydrogens is 208 g/mol. The number of hydrogen-bond donors (Lipinski definition) is 1. The van der Waals surface area contributed by atoms with Gasteiger partial charge in [0.2, 0.25) is 0 Å². The lowest BCUT2D eigenvalue weighted by Gasteiger charge is -2.23. The number of aromatic nitrogens is 1. The molecule has 2 unspecified atom stereocenters. The summed E-state index contributed by atoms with van der Waals surface area (Å²) < 4.78 is 5.51. The monoisotopic (exact) mass is 228 g/mol. The van der Waals surface area contributed by atoms with Crippen molar-refractivity contribution in [3.63, 3.8) is 0 Å². The lowest BCUT2D eigenvalue weighted by atomic mass is 10.0. The van der Waals surface area contributed by atoms with E-state index in [4.69, 9.17) is 10.5 Å². The summed E-state index contributed by atoms with van der Waals surface area (Å²) in [6.07, 6.45) is 1.83. The second-order valence-corrected chi connectivity index (χ2v) is 4.74. The molecule has 0 aliphatic carbocycles. The zero-order valence-electron chi connectivity index (χ0n) is 9.91. The fourth-order valence-electron chi connectivity index (χ4n) is 1.29. The molecule has 0 radical (unpaired) electrons. The molecule has 0 spiro atoms. The van der Waals surface area contributed by atoms with Gasteiger partial charge in [-0.1, -0.05) is 13.8 Å². The second-order valence-electron chi connectivity index (χ2n) is 3.88. The van der Waals surface area contributed by atoms with Crippen molar-refractivity contribution in [3.05, 3.63) is 16.1 Å².